The molecule has 3 nitrogen and oxygen atoms in total. The van der Waals surface area contributed by atoms with Crippen molar-refractivity contribution in [2.24, 2.45) is 0 Å². The van der Waals surface area contributed by atoms with Gasteiger partial charge in [0, 0.05) is 36.3 Å². The lowest BCUT2D eigenvalue weighted by Gasteiger charge is -2.18. The van der Waals surface area contributed by atoms with E-state index in [-0.39, 0.29) is 11.8 Å². The molecule has 0 bridgehead atoms. The van der Waals surface area contributed by atoms with E-state index in [0.29, 0.717) is 18.0 Å². The first kappa shape index (κ1) is 17.2. The summed E-state index contributed by atoms with van der Waals surface area (Å²) in [5.41, 5.74) is 3.17. The van der Waals surface area contributed by atoms with Gasteiger partial charge in [-0.25, -0.2) is 0 Å². The Bertz CT molecular complexity index is 804. The molecular weight excluding hydrogens is 332 g/mol. The second kappa shape index (κ2) is 8.45. The summed E-state index contributed by atoms with van der Waals surface area (Å²) in [6.07, 6.45) is 3.86. The highest BCUT2D eigenvalue weighted by molar-refractivity contribution is 6.30. The van der Waals surface area contributed by atoms with Gasteiger partial charge in [0.1, 0.15) is 0 Å². The molecule has 1 unspecified atom stereocenters. The molecule has 0 aliphatic heterocycles. The normalized spacial score (nSPS) is 11.7. The van der Waals surface area contributed by atoms with Gasteiger partial charge in [-0.3, -0.25) is 9.78 Å². The summed E-state index contributed by atoms with van der Waals surface area (Å²) >= 11 is 6.00. The lowest BCUT2D eigenvalue weighted by molar-refractivity contribution is -0.121. The van der Waals surface area contributed by atoms with Crippen molar-refractivity contribution in [2.45, 2.75) is 18.9 Å². The minimum Gasteiger partial charge on any atom is -0.352 e. The summed E-state index contributed by atoms with van der Waals surface area (Å²) in [4.78, 5) is 16.5. The van der Waals surface area contributed by atoms with E-state index in [1.807, 2.05) is 66.7 Å². The van der Waals surface area contributed by atoms with Crippen LogP contribution in [0.5, 0.6) is 0 Å². The fraction of sp³-hybridized carbons (Fsp3) is 0.143. The number of carbonyl (C=O) groups is 1. The molecule has 2 aromatic carbocycles. The third-order valence-corrected chi connectivity index (χ3v) is 4.33. The topological polar surface area (TPSA) is 42.0 Å². The van der Waals surface area contributed by atoms with Gasteiger partial charge in [0.25, 0.3) is 0 Å². The van der Waals surface area contributed by atoms with Crippen molar-refractivity contribution in [3.63, 3.8) is 0 Å². The Hall–Kier alpha value is -2.65. The predicted molar refractivity (Wildman–Crippen MR) is 100 cm³/mol. The van der Waals surface area contributed by atoms with Crippen molar-refractivity contribution in [3.05, 3.63) is 101 Å². The summed E-state index contributed by atoms with van der Waals surface area (Å²) in [6, 6.07) is 21.6. The molecule has 0 radical (unpaired) electrons. The number of aromatic nitrogens is 1. The van der Waals surface area contributed by atoms with Gasteiger partial charge >= 0.3 is 0 Å². The molecule has 3 rings (SSSR count). The summed E-state index contributed by atoms with van der Waals surface area (Å²) < 4.78 is 0. The van der Waals surface area contributed by atoms with E-state index in [1.165, 1.54) is 0 Å². The Morgan fingerprint density at radius 2 is 1.68 bits per heavy atom. The SMILES string of the molecule is O=C(CC(c1ccccc1)c1ccc(Cl)cc1)NCc1cccnc1. The second-order valence-electron chi connectivity index (χ2n) is 5.86. The quantitative estimate of drug-likeness (QED) is 0.707. The molecular formula is C21H19ClN2O. The second-order valence-corrected chi connectivity index (χ2v) is 6.29. The number of halogens is 1. The number of nitrogens with one attached hydrogen (secondary N) is 1. The number of hydrogen-bond acceptors (Lipinski definition) is 2. The lowest BCUT2D eigenvalue weighted by atomic mass is 9.88. The molecule has 1 amide bonds. The van der Waals surface area contributed by atoms with E-state index in [1.54, 1.807) is 12.4 Å². The van der Waals surface area contributed by atoms with Crippen molar-refractivity contribution in [3.8, 4) is 0 Å². The largest absolute Gasteiger partial charge is 0.352 e. The molecule has 0 spiro atoms. The molecule has 4 heteroatoms. The van der Waals surface area contributed by atoms with Crippen LogP contribution in [0.15, 0.2) is 79.1 Å². The van der Waals surface area contributed by atoms with Gasteiger partial charge < -0.3 is 5.32 Å². The fourth-order valence-electron chi connectivity index (χ4n) is 2.77. The van der Waals surface area contributed by atoms with E-state index in [0.717, 1.165) is 16.7 Å². The molecule has 0 saturated heterocycles. The van der Waals surface area contributed by atoms with E-state index in [4.69, 9.17) is 11.6 Å². The summed E-state index contributed by atoms with van der Waals surface area (Å²) in [7, 11) is 0. The third-order valence-electron chi connectivity index (χ3n) is 4.08. The fourth-order valence-corrected chi connectivity index (χ4v) is 2.90. The van der Waals surface area contributed by atoms with Gasteiger partial charge in [0.05, 0.1) is 0 Å². The van der Waals surface area contributed by atoms with Gasteiger partial charge in [-0.1, -0.05) is 60.1 Å². The predicted octanol–water partition coefficient (Wildman–Crippen LogP) is 4.57. The Kier molecular flexibility index (Phi) is 5.81. The monoisotopic (exact) mass is 350 g/mol. The highest BCUT2D eigenvalue weighted by atomic mass is 35.5. The van der Waals surface area contributed by atoms with Crippen LogP contribution in [-0.2, 0) is 11.3 Å². The first-order chi connectivity index (χ1) is 12.2. The van der Waals surface area contributed by atoms with Gasteiger partial charge in [-0.15, -0.1) is 0 Å². The van der Waals surface area contributed by atoms with Crippen molar-refractivity contribution < 1.29 is 4.79 Å². The molecule has 1 atom stereocenters. The maximum absolute atomic E-state index is 12.5. The maximum Gasteiger partial charge on any atom is 0.221 e. The van der Waals surface area contributed by atoms with Gasteiger partial charge in [0.2, 0.25) is 5.91 Å². The smallest absolute Gasteiger partial charge is 0.221 e. The van der Waals surface area contributed by atoms with Crippen LogP contribution in [0.4, 0.5) is 0 Å². The molecule has 0 aliphatic rings. The summed E-state index contributed by atoms with van der Waals surface area (Å²) in [5, 5.41) is 3.67. The zero-order valence-electron chi connectivity index (χ0n) is 13.7. The van der Waals surface area contributed by atoms with Crippen molar-refractivity contribution >= 4 is 17.5 Å². The van der Waals surface area contributed by atoms with E-state index >= 15 is 0 Å². The van der Waals surface area contributed by atoms with Crippen LogP contribution < -0.4 is 5.32 Å². The first-order valence-electron chi connectivity index (χ1n) is 8.18. The molecule has 1 aromatic heterocycles. The van der Waals surface area contributed by atoms with Crippen LogP contribution in [0.3, 0.4) is 0 Å². The van der Waals surface area contributed by atoms with E-state index in [9.17, 15) is 4.79 Å². The molecule has 0 saturated carbocycles. The van der Waals surface area contributed by atoms with Gasteiger partial charge in [-0.2, -0.15) is 0 Å². The van der Waals surface area contributed by atoms with Crippen LogP contribution in [0.25, 0.3) is 0 Å². The summed E-state index contributed by atoms with van der Waals surface area (Å²) in [6.45, 7) is 0.481. The number of benzene rings is 2. The Morgan fingerprint density at radius 1 is 0.960 bits per heavy atom. The van der Waals surface area contributed by atoms with E-state index < -0.39 is 0 Å². The van der Waals surface area contributed by atoms with Crippen molar-refractivity contribution in [2.75, 3.05) is 0 Å². The van der Waals surface area contributed by atoms with Crippen LogP contribution in [0.1, 0.15) is 29.0 Å². The number of pyridine rings is 1. The summed E-state index contributed by atoms with van der Waals surface area (Å²) in [5.74, 6) is 0.0000196. The first-order valence-corrected chi connectivity index (χ1v) is 8.56. The number of nitrogens with zero attached hydrogens (tertiary/aromatic N) is 1. The van der Waals surface area contributed by atoms with Crippen LogP contribution in [0.2, 0.25) is 5.02 Å². The maximum atomic E-state index is 12.5. The van der Waals surface area contributed by atoms with Crippen molar-refractivity contribution in [1.29, 1.82) is 0 Å². The Balaban J connectivity index is 1.73. The molecule has 3 aromatic rings. The minimum absolute atomic E-state index is 0.00707. The highest BCUT2D eigenvalue weighted by Gasteiger charge is 2.18. The number of amides is 1. The van der Waals surface area contributed by atoms with E-state index in [2.05, 4.69) is 10.3 Å². The number of carbonyl (C=O) groups excluding carboxylic acids is 1. The third kappa shape index (κ3) is 4.91. The average Bonchev–Trinajstić information content (AvgIpc) is 2.67. The standard InChI is InChI=1S/C21H19ClN2O/c22-19-10-8-18(9-11-19)20(17-6-2-1-3-7-17)13-21(25)24-15-16-5-4-12-23-14-16/h1-12,14,20H,13,15H2,(H,24,25). The zero-order valence-corrected chi connectivity index (χ0v) is 14.5. The molecule has 126 valence electrons. The van der Waals surface area contributed by atoms with Crippen LogP contribution in [0, 0.1) is 0 Å². The highest BCUT2D eigenvalue weighted by Crippen LogP contribution is 2.28. The lowest BCUT2D eigenvalue weighted by Crippen LogP contribution is -2.25. The average molecular weight is 351 g/mol. The van der Waals surface area contributed by atoms with Gasteiger partial charge in [-0.05, 0) is 34.9 Å². The molecule has 0 fully saturated rings. The Labute approximate surface area is 152 Å². The molecule has 1 N–H and O–H groups in total. The Morgan fingerprint density at radius 3 is 2.36 bits per heavy atom. The molecule has 0 aliphatic carbocycles. The van der Waals surface area contributed by atoms with Crippen LogP contribution >= 0.6 is 11.6 Å². The molecule has 1 heterocycles. The zero-order chi connectivity index (χ0) is 17.5. The van der Waals surface area contributed by atoms with Crippen molar-refractivity contribution in [1.82, 2.24) is 10.3 Å². The molecule has 25 heavy (non-hydrogen) atoms. The number of hydrogen-bond donors (Lipinski definition) is 1. The minimum atomic E-state index is -0.00707. The number of rotatable bonds is 6. The van der Waals surface area contributed by atoms with Gasteiger partial charge in [0.15, 0.2) is 0 Å². The van der Waals surface area contributed by atoms with Crippen LogP contribution in [-0.4, -0.2) is 10.9 Å².